The molecule has 0 bridgehead atoms. The molecular weight excluding hydrogens is 481 g/mol. The van der Waals surface area contributed by atoms with Crippen LogP contribution < -0.4 is 15.4 Å². The highest BCUT2D eigenvalue weighted by Crippen LogP contribution is 2.38. The van der Waals surface area contributed by atoms with Crippen LogP contribution in [0.4, 0.5) is 0 Å². The van der Waals surface area contributed by atoms with Gasteiger partial charge in [-0.1, -0.05) is 71.7 Å². The van der Waals surface area contributed by atoms with Gasteiger partial charge in [0, 0.05) is 13.1 Å². The molecule has 33 heavy (non-hydrogen) atoms. The molecule has 2 aromatic carbocycles. The van der Waals surface area contributed by atoms with E-state index >= 15 is 0 Å². The summed E-state index contributed by atoms with van der Waals surface area (Å²) in [5, 5.41) is 6.15. The smallest absolute Gasteiger partial charge is 0.267 e. The summed E-state index contributed by atoms with van der Waals surface area (Å²) >= 11 is 13.5. The number of hydrogen-bond donors (Lipinski definition) is 3. The van der Waals surface area contributed by atoms with Crippen molar-refractivity contribution in [3.05, 3.63) is 86.8 Å². The van der Waals surface area contributed by atoms with Gasteiger partial charge in [0.15, 0.2) is 6.61 Å². The van der Waals surface area contributed by atoms with Gasteiger partial charge in [-0.25, -0.2) is 0 Å². The Bertz CT molecular complexity index is 1270. The van der Waals surface area contributed by atoms with E-state index in [9.17, 15) is 9.59 Å². The summed E-state index contributed by atoms with van der Waals surface area (Å²) in [5.74, 6) is 0.181. The lowest BCUT2D eigenvalue weighted by Crippen LogP contribution is -2.29. The molecule has 0 aliphatic carbocycles. The minimum atomic E-state index is -0.232. The topological polar surface area (TPSA) is 83.2 Å². The molecule has 2 aromatic heterocycles. The van der Waals surface area contributed by atoms with E-state index in [-0.39, 0.29) is 18.4 Å². The number of rotatable bonds is 9. The lowest BCUT2D eigenvalue weighted by Gasteiger charge is -2.12. The zero-order chi connectivity index (χ0) is 23.2. The molecule has 2 amide bonds. The van der Waals surface area contributed by atoms with Crippen molar-refractivity contribution in [1.29, 1.82) is 0 Å². The van der Waals surface area contributed by atoms with Crippen molar-refractivity contribution in [2.45, 2.75) is 13.0 Å². The first-order chi connectivity index (χ1) is 16.0. The number of thiophene rings is 1. The molecular formula is C24H21Cl2N3O3S. The summed E-state index contributed by atoms with van der Waals surface area (Å²) in [6.07, 6.45) is 0.551. The molecule has 4 aromatic rings. The number of hydrogen-bond acceptors (Lipinski definition) is 4. The van der Waals surface area contributed by atoms with Crippen molar-refractivity contribution >= 4 is 56.6 Å². The Morgan fingerprint density at radius 2 is 1.76 bits per heavy atom. The van der Waals surface area contributed by atoms with E-state index in [2.05, 4.69) is 15.6 Å². The van der Waals surface area contributed by atoms with Crippen LogP contribution in [0.15, 0.2) is 60.7 Å². The zero-order valence-electron chi connectivity index (χ0n) is 17.5. The Hall–Kier alpha value is -3.00. The number of ether oxygens (including phenoxy) is 1. The fraction of sp³-hybridized carbons (Fsp3) is 0.167. The van der Waals surface area contributed by atoms with Crippen molar-refractivity contribution in [3.63, 3.8) is 0 Å². The first kappa shape index (κ1) is 23.2. The van der Waals surface area contributed by atoms with Crippen molar-refractivity contribution in [2.24, 2.45) is 0 Å². The first-order valence-electron chi connectivity index (χ1n) is 10.3. The number of fused-ring (bicyclic) bond motifs is 1. The molecule has 0 radical (unpaired) electrons. The highest BCUT2D eigenvalue weighted by molar-refractivity contribution is 7.23. The van der Waals surface area contributed by atoms with Crippen LogP contribution in [0.25, 0.3) is 10.2 Å². The van der Waals surface area contributed by atoms with Crippen molar-refractivity contribution in [2.75, 3.05) is 13.2 Å². The quantitative estimate of drug-likeness (QED) is 0.294. The molecule has 4 rings (SSSR count). The molecule has 6 nitrogen and oxygen atoms in total. The van der Waals surface area contributed by atoms with Crippen LogP contribution in [-0.4, -0.2) is 29.9 Å². The number of carbonyl (C=O) groups is 2. The Balaban J connectivity index is 1.27. The summed E-state index contributed by atoms with van der Waals surface area (Å²) in [6, 6.07) is 18.9. The van der Waals surface area contributed by atoms with Gasteiger partial charge in [-0.05, 0) is 29.7 Å². The van der Waals surface area contributed by atoms with E-state index in [0.717, 1.165) is 15.8 Å². The SMILES string of the molecule is O=C(COc1ccccc1CCNC(=O)c1cc2sc(Cl)c(Cl)c2[nH]1)NCc1ccccc1. The predicted molar refractivity (Wildman–Crippen MR) is 132 cm³/mol. The number of aromatic nitrogens is 1. The summed E-state index contributed by atoms with van der Waals surface area (Å²) in [5.41, 5.74) is 3.01. The van der Waals surface area contributed by atoms with Crippen molar-refractivity contribution in [3.8, 4) is 5.75 Å². The molecule has 0 spiro atoms. The second-order valence-electron chi connectivity index (χ2n) is 7.28. The number of aromatic amines is 1. The van der Waals surface area contributed by atoms with E-state index < -0.39 is 0 Å². The molecule has 0 saturated heterocycles. The van der Waals surface area contributed by atoms with E-state index in [1.165, 1.54) is 11.3 Å². The van der Waals surface area contributed by atoms with Gasteiger partial charge in [-0.15, -0.1) is 11.3 Å². The predicted octanol–water partition coefficient (Wildman–Crippen LogP) is 5.20. The molecule has 2 heterocycles. The fourth-order valence-corrected chi connectivity index (χ4v) is 4.77. The highest BCUT2D eigenvalue weighted by atomic mass is 35.5. The van der Waals surface area contributed by atoms with Gasteiger partial charge in [-0.3, -0.25) is 9.59 Å². The monoisotopic (exact) mass is 501 g/mol. The number of halogens is 2. The van der Waals surface area contributed by atoms with Gasteiger partial charge >= 0.3 is 0 Å². The van der Waals surface area contributed by atoms with Gasteiger partial charge in [0.05, 0.1) is 15.2 Å². The molecule has 3 N–H and O–H groups in total. The molecule has 0 saturated carbocycles. The third-order valence-corrected chi connectivity index (χ3v) is 6.89. The van der Waals surface area contributed by atoms with Crippen molar-refractivity contribution < 1.29 is 14.3 Å². The molecule has 0 atom stereocenters. The summed E-state index contributed by atoms with van der Waals surface area (Å²) in [4.78, 5) is 27.6. The number of benzene rings is 2. The zero-order valence-corrected chi connectivity index (χ0v) is 19.8. The summed E-state index contributed by atoms with van der Waals surface area (Å²) in [7, 11) is 0. The van der Waals surface area contributed by atoms with Crippen LogP contribution in [0.1, 0.15) is 21.6 Å². The molecule has 9 heteroatoms. The summed E-state index contributed by atoms with van der Waals surface area (Å²) < 4.78 is 7.06. The third-order valence-electron chi connectivity index (χ3n) is 4.96. The molecule has 0 aliphatic heterocycles. The maximum atomic E-state index is 12.5. The van der Waals surface area contributed by atoms with E-state index in [1.807, 2.05) is 54.6 Å². The van der Waals surface area contributed by atoms with Gasteiger partial charge in [0.25, 0.3) is 11.8 Å². The van der Waals surface area contributed by atoms with Crippen LogP contribution in [0, 0.1) is 0 Å². The first-order valence-corrected chi connectivity index (χ1v) is 11.8. The number of amides is 2. The standard InChI is InChI=1S/C24H21Cl2N3O3S/c25-21-22-19(33-23(21)26)12-17(29-22)24(31)27-11-10-16-8-4-5-9-18(16)32-14-20(30)28-13-15-6-2-1-3-7-15/h1-9,12,29H,10-11,13-14H2,(H,27,31)(H,28,30). The number of H-pyrrole nitrogens is 1. The van der Waals surface area contributed by atoms with Gasteiger partial charge in [0.2, 0.25) is 0 Å². The molecule has 170 valence electrons. The second kappa shape index (κ2) is 10.7. The largest absolute Gasteiger partial charge is 0.483 e. The van der Waals surface area contributed by atoms with E-state index in [1.54, 1.807) is 6.07 Å². The van der Waals surface area contributed by atoms with E-state index in [0.29, 0.717) is 45.8 Å². The van der Waals surface area contributed by atoms with Crippen molar-refractivity contribution in [1.82, 2.24) is 15.6 Å². The maximum absolute atomic E-state index is 12.5. The molecule has 0 unspecified atom stereocenters. The lowest BCUT2D eigenvalue weighted by molar-refractivity contribution is -0.123. The third kappa shape index (κ3) is 5.87. The van der Waals surface area contributed by atoms with Crippen LogP contribution in [-0.2, 0) is 17.8 Å². The Kier molecular flexibility index (Phi) is 7.54. The Labute approximate surface area is 204 Å². The van der Waals surface area contributed by atoms with Crippen LogP contribution in [0.2, 0.25) is 9.36 Å². The molecule has 0 aliphatic rings. The van der Waals surface area contributed by atoms with E-state index in [4.69, 9.17) is 27.9 Å². The maximum Gasteiger partial charge on any atom is 0.267 e. The summed E-state index contributed by atoms with van der Waals surface area (Å²) in [6.45, 7) is 0.768. The van der Waals surface area contributed by atoms with Gasteiger partial charge in [0.1, 0.15) is 15.8 Å². The van der Waals surface area contributed by atoms with Crippen LogP contribution >= 0.6 is 34.5 Å². The molecule has 0 fully saturated rings. The van der Waals surface area contributed by atoms with Crippen LogP contribution in [0.3, 0.4) is 0 Å². The van der Waals surface area contributed by atoms with Gasteiger partial charge < -0.3 is 20.4 Å². The number of carbonyl (C=O) groups excluding carboxylic acids is 2. The lowest BCUT2D eigenvalue weighted by atomic mass is 10.1. The van der Waals surface area contributed by atoms with Crippen LogP contribution in [0.5, 0.6) is 5.75 Å². The fourth-order valence-electron chi connectivity index (χ4n) is 3.29. The number of nitrogens with one attached hydrogen (secondary N) is 3. The highest BCUT2D eigenvalue weighted by Gasteiger charge is 2.15. The Morgan fingerprint density at radius 1 is 1.00 bits per heavy atom. The normalized spacial score (nSPS) is 10.8. The Morgan fingerprint density at radius 3 is 2.55 bits per heavy atom. The average molecular weight is 502 g/mol. The van der Waals surface area contributed by atoms with Gasteiger partial charge in [-0.2, -0.15) is 0 Å². The minimum absolute atomic E-state index is 0.0846. The second-order valence-corrected chi connectivity index (χ2v) is 9.31. The average Bonchev–Trinajstić information content (AvgIpc) is 3.36. The number of para-hydroxylation sites is 1. The minimum Gasteiger partial charge on any atom is -0.483 e.